The number of hydrogen-bond donors (Lipinski definition) is 1. The van der Waals surface area contributed by atoms with Gasteiger partial charge in [-0.25, -0.2) is 15.0 Å². The van der Waals surface area contributed by atoms with Crippen molar-refractivity contribution in [3.8, 4) is 22.8 Å². The number of aromatic nitrogens is 6. The Bertz CT molecular complexity index is 741. The van der Waals surface area contributed by atoms with Crippen molar-refractivity contribution in [2.75, 3.05) is 5.73 Å². The van der Waals surface area contributed by atoms with Crippen LogP contribution in [0.15, 0.2) is 31.0 Å². The summed E-state index contributed by atoms with van der Waals surface area (Å²) in [5, 5.41) is 4.15. The van der Waals surface area contributed by atoms with Gasteiger partial charge in [-0.05, 0) is 6.92 Å². The standard InChI is InChI=1S/C13H15N7/c1-3-20-8-15-6-11(20)13-17-10(4-12(14)18-13)9-5-16-19(2)7-9/h4-8H,3H2,1-2H3,(H2,14,17,18). The van der Waals surface area contributed by atoms with Crippen LogP contribution in [-0.4, -0.2) is 29.3 Å². The fraction of sp³-hybridized carbons (Fsp3) is 0.231. The van der Waals surface area contributed by atoms with Crippen LogP contribution in [0.5, 0.6) is 0 Å². The molecule has 0 unspecified atom stereocenters. The Hall–Kier alpha value is -2.70. The summed E-state index contributed by atoms with van der Waals surface area (Å²) in [6.45, 7) is 2.84. The first-order chi connectivity index (χ1) is 9.67. The lowest BCUT2D eigenvalue weighted by Crippen LogP contribution is -2.02. The zero-order chi connectivity index (χ0) is 14.1. The summed E-state index contributed by atoms with van der Waals surface area (Å²) in [5.74, 6) is 1.00. The second-order valence-corrected chi connectivity index (χ2v) is 4.47. The Morgan fingerprint density at radius 2 is 2.10 bits per heavy atom. The van der Waals surface area contributed by atoms with Crippen LogP contribution < -0.4 is 5.73 Å². The minimum atomic E-state index is 0.428. The van der Waals surface area contributed by atoms with Crippen molar-refractivity contribution < 1.29 is 0 Å². The van der Waals surface area contributed by atoms with Gasteiger partial charge in [0, 0.05) is 31.4 Å². The molecule has 3 rings (SSSR count). The zero-order valence-corrected chi connectivity index (χ0v) is 11.4. The maximum Gasteiger partial charge on any atom is 0.180 e. The molecule has 0 aliphatic rings. The summed E-state index contributed by atoms with van der Waals surface area (Å²) >= 11 is 0. The highest BCUT2D eigenvalue weighted by molar-refractivity contribution is 5.64. The van der Waals surface area contributed by atoms with Crippen LogP contribution in [0.1, 0.15) is 6.92 Å². The molecule has 0 aromatic carbocycles. The van der Waals surface area contributed by atoms with E-state index >= 15 is 0 Å². The highest BCUT2D eigenvalue weighted by Crippen LogP contribution is 2.22. The molecule has 0 fully saturated rings. The van der Waals surface area contributed by atoms with Gasteiger partial charge in [0.1, 0.15) is 11.5 Å². The summed E-state index contributed by atoms with van der Waals surface area (Å²) in [4.78, 5) is 13.0. The number of imidazole rings is 1. The Morgan fingerprint density at radius 1 is 1.25 bits per heavy atom. The van der Waals surface area contributed by atoms with Crippen LogP contribution >= 0.6 is 0 Å². The van der Waals surface area contributed by atoms with Gasteiger partial charge in [0.15, 0.2) is 5.82 Å². The number of nitrogen functional groups attached to an aromatic ring is 1. The number of aryl methyl sites for hydroxylation is 2. The molecule has 0 radical (unpaired) electrons. The van der Waals surface area contributed by atoms with Crippen LogP contribution in [0.3, 0.4) is 0 Å². The highest BCUT2D eigenvalue weighted by Gasteiger charge is 2.11. The lowest BCUT2D eigenvalue weighted by molar-refractivity contribution is 0.764. The SMILES string of the molecule is CCn1cncc1-c1nc(N)cc(-c2cnn(C)c2)n1. The van der Waals surface area contributed by atoms with Gasteiger partial charge in [-0.3, -0.25) is 4.68 Å². The number of anilines is 1. The monoisotopic (exact) mass is 269 g/mol. The van der Waals surface area contributed by atoms with Gasteiger partial charge >= 0.3 is 0 Å². The van der Waals surface area contributed by atoms with Crippen molar-refractivity contribution >= 4 is 5.82 Å². The van der Waals surface area contributed by atoms with Crippen molar-refractivity contribution in [3.05, 3.63) is 31.0 Å². The van der Waals surface area contributed by atoms with Gasteiger partial charge in [-0.1, -0.05) is 0 Å². The molecule has 0 saturated carbocycles. The second kappa shape index (κ2) is 4.76. The molecule has 0 aliphatic carbocycles. The van der Waals surface area contributed by atoms with Crippen LogP contribution in [0.2, 0.25) is 0 Å². The Balaban J connectivity index is 2.12. The minimum absolute atomic E-state index is 0.428. The molecule has 3 aromatic heterocycles. The summed E-state index contributed by atoms with van der Waals surface area (Å²) in [6.07, 6.45) is 7.14. The lowest BCUT2D eigenvalue weighted by atomic mass is 10.2. The molecular weight excluding hydrogens is 254 g/mol. The molecule has 7 heteroatoms. The van der Waals surface area contributed by atoms with E-state index in [4.69, 9.17) is 5.73 Å². The molecule has 0 bridgehead atoms. The van der Waals surface area contributed by atoms with E-state index in [-0.39, 0.29) is 0 Å². The van der Waals surface area contributed by atoms with E-state index in [1.807, 2.05) is 24.7 Å². The van der Waals surface area contributed by atoms with Crippen LogP contribution in [0, 0.1) is 0 Å². The van der Waals surface area contributed by atoms with Gasteiger partial charge < -0.3 is 10.3 Å². The van der Waals surface area contributed by atoms with Gasteiger partial charge in [-0.15, -0.1) is 0 Å². The molecule has 7 nitrogen and oxygen atoms in total. The molecule has 0 amide bonds. The van der Waals surface area contributed by atoms with Crippen molar-refractivity contribution in [2.45, 2.75) is 13.5 Å². The number of nitrogens with two attached hydrogens (primary N) is 1. The van der Waals surface area contributed by atoms with Crippen molar-refractivity contribution in [3.63, 3.8) is 0 Å². The predicted octanol–water partition coefficient (Wildman–Crippen LogP) is 1.34. The van der Waals surface area contributed by atoms with Crippen molar-refractivity contribution in [2.24, 2.45) is 7.05 Å². The highest BCUT2D eigenvalue weighted by atomic mass is 15.2. The van der Waals surface area contributed by atoms with Gasteiger partial charge in [0.05, 0.1) is 24.4 Å². The molecule has 3 heterocycles. The van der Waals surface area contributed by atoms with E-state index < -0.39 is 0 Å². The first kappa shape index (κ1) is 12.3. The molecule has 102 valence electrons. The molecular formula is C13H15N7. The third kappa shape index (κ3) is 2.13. The third-order valence-electron chi connectivity index (χ3n) is 3.03. The topological polar surface area (TPSA) is 87.4 Å². The molecule has 20 heavy (non-hydrogen) atoms. The quantitative estimate of drug-likeness (QED) is 0.775. The fourth-order valence-electron chi connectivity index (χ4n) is 2.04. The number of nitrogens with zero attached hydrogens (tertiary/aromatic N) is 6. The Labute approximate surface area is 116 Å². The van der Waals surface area contributed by atoms with E-state index in [0.29, 0.717) is 11.6 Å². The maximum absolute atomic E-state index is 5.89. The second-order valence-electron chi connectivity index (χ2n) is 4.47. The van der Waals surface area contributed by atoms with E-state index in [9.17, 15) is 0 Å². The number of hydrogen-bond acceptors (Lipinski definition) is 5. The number of rotatable bonds is 3. The van der Waals surface area contributed by atoms with Crippen LogP contribution in [0.25, 0.3) is 22.8 Å². The Morgan fingerprint density at radius 3 is 2.80 bits per heavy atom. The van der Waals surface area contributed by atoms with Gasteiger partial charge in [-0.2, -0.15) is 5.10 Å². The zero-order valence-electron chi connectivity index (χ0n) is 11.4. The van der Waals surface area contributed by atoms with Gasteiger partial charge in [0.25, 0.3) is 0 Å². The molecule has 2 N–H and O–H groups in total. The van der Waals surface area contributed by atoms with E-state index in [1.165, 1.54) is 0 Å². The first-order valence-corrected chi connectivity index (χ1v) is 6.31. The average molecular weight is 269 g/mol. The minimum Gasteiger partial charge on any atom is -0.384 e. The van der Waals surface area contributed by atoms with Crippen molar-refractivity contribution in [1.82, 2.24) is 29.3 Å². The smallest absolute Gasteiger partial charge is 0.180 e. The van der Waals surface area contributed by atoms with Crippen LogP contribution in [0.4, 0.5) is 5.82 Å². The van der Waals surface area contributed by atoms with E-state index in [1.54, 1.807) is 29.5 Å². The summed E-state index contributed by atoms with van der Waals surface area (Å²) < 4.78 is 3.70. The molecule has 0 saturated heterocycles. The average Bonchev–Trinajstić information content (AvgIpc) is 3.06. The lowest BCUT2D eigenvalue weighted by Gasteiger charge is -2.06. The fourth-order valence-corrected chi connectivity index (χ4v) is 2.04. The summed E-state index contributed by atoms with van der Waals surface area (Å²) in [5.41, 5.74) is 8.41. The normalized spacial score (nSPS) is 10.9. The van der Waals surface area contributed by atoms with E-state index in [0.717, 1.165) is 23.5 Å². The molecule has 3 aromatic rings. The van der Waals surface area contributed by atoms with Crippen molar-refractivity contribution in [1.29, 1.82) is 0 Å². The maximum atomic E-state index is 5.89. The van der Waals surface area contributed by atoms with E-state index in [2.05, 4.69) is 20.1 Å². The summed E-state index contributed by atoms with van der Waals surface area (Å²) in [6, 6.07) is 1.74. The predicted molar refractivity (Wildman–Crippen MR) is 75.5 cm³/mol. The molecule has 0 aliphatic heterocycles. The third-order valence-corrected chi connectivity index (χ3v) is 3.03. The Kier molecular flexibility index (Phi) is 2.94. The summed E-state index contributed by atoms with van der Waals surface area (Å²) in [7, 11) is 1.86. The first-order valence-electron chi connectivity index (χ1n) is 6.31. The molecule has 0 atom stereocenters. The van der Waals surface area contributed by atoms with Gasteiger partial charge in [0.2, 0.25) is 0 Å². The largest absolute Gasteiger partial charge is 0.384 e. The molecule has 0 spiro atoms. The van der Waals surface area contributed by atoms with Crippen LogP contribution in [-0.2, 0) is 13.6 Å².